The van der Waals surface area contributed by atoms with E-state index in [4.69, 9.17) is 28.4 Å². The number of hydrogen-bond acceptors (Lipinski definition) is 8. The van der Waals surface area contributed by atoms with Gasteiger partial charge in [-0.2, -0.15) is 0 Å². The van der Waals surface area contributed by atoms with Crippen LogP contribution in [0.2, 0.25) is 0 Å². The highest BCUT2D eigenvalue weighted by atomic mass is 16.5. The van der Waals surface area contributed by atoms with Gasteiger partial charge in [-0.05, 0) is 41.8 Å². The van der Waals surface area contributed by atoms with Gasteiger partial charge in [-0.1, -0.05) is 18.2 Å². The number of piperidine rings is 1. The standard InChI is InChI=1S/C29H42N2O7/c1-33-13-4-11-31-12-14-36-26-10-5-21(15-25(26)31)18-37-27-16-30-17-28(38-20-23(32)19-34-2)29(27)22-6-8-24(35-3)9-7-22/h5-10,15,23,27-30,32H,4,11-14,16-20H2,1-3H3/p+1/t23-,27+,28?,29-/m1/s1. The Morgan fingerprint density at radius 2 is 1.95 bits per heavy atom. The first-order valence-corrected chi connectivity index (χ1v) is 13.4. The van der Waals surface area contributed by atoms with E-state index in [2.05, 4.69) is 34.5 Å². The van der Waals surface area contributed by atoms with Crippen molar-refractivity contribution in [3.05, 3.63) is 53.6 Å². The molecule has 0 spiro atoms. The molecule has 2 aromatic carbocycles. The lowest BCUT2D eigenvalue weighted by molar-refractivity contribution is -0.176. The summed E-state index contributed by atoms with van der Waals surface area (Å²) < 4.78 is 33.1. The van der Waals surface area contributed by atoms with Crippen molar-refractivity contribution in [1.82, 2.24) is 5.32 Å². The average molecular weight is 532 g/mol. The summed E-state index contributed by atoms with van der Waals surface area (Å²) in [5.74, 6) is 1.78. The van der Waals surface area contributed by atoms with Gasteiger partial charge in [0.25, 0.3) is 0 Å². The number of rotatable bonds is 14. The molecule has 3 N–H and O–H groups in total. The highest BCUT2D eigenvalue weighted by Crippen LogP contribution is 2.34. The molecule has 0 amide bonds. The largest absolute Gasteiger partial charge is 0.497 e. The molecule has 4 rings (SSSR count). The van der Waals surface area contributed by atoms with Crippen LogP contribution in [0.3, 0.4) is 0 Å². The number of aliphatic hydroxyl groups is 3. The van der Waals surface area contributed by atoms with Crippen molar-refractivity contribution in [2.24, 2.45) is 0 Å². The zero-order valence-corrected chi connectivity index (χ0v) is 22.8. The predicted molar refractivity (Wildman–Crippen MR) is 147 cm³/mol. The van der Waals surface area contributed by atoms with Gasteiger partial charge in [0, 0.05) is 33.9 Å². The first-order chi connectivity index (χ1) is 18.6. The summed E-state index contributed by atoms with van der Waals surface area (Å²) in [6, 6.07) is 14.5. The Morgan fingerprint density at radius 1 is 1.11 bits per heavy atom. The smallest absolute Gasteiger partial charge is 0.177 e. The number of hydrogen-bond donors (Lipinski definition) is 2. The third-order valence-electron chi connectivity index (χ3n) is 7.15. The number of ether oxygens (including phenoxy) is 6. The Hall–Kier alpha value is -2.40. The summed E-state index contributed by atoms with van der Waals surface area (Å²) in [6.07, 6.45) is 0.220. The third-order valence-corrected chi connectivity index (χ3v) is 7.15. The lowest BCUT2D eigenvalue weighted by atomic mass is 9.85. The van der Waals surface area contributed by atoms with Crippen LogP contribution in [0.25, 0.3) is 0 Å². The van der Waals surface area contributed by atoms with E-state index in [1.54, 1.807) is 21.3 Å². The van der Waals surface area contributed by atoms with Gasteiger partial charge in [0.2, 0.25) is 0 Å². The van der Waals surface area contributed by atoms with E-state index >= 15 is 0 Å². The lowest BCUT2D eigenvalue weighted by Gasteiger charge is -2.36. The molecule has 38 heavy (non-hydrogen) atoms. The maximum absolute atomic E-state index is 10.2. The fourth-order valence-corrected chi connectivity index (χ4v) is 5.22. The molecule has 9 nitrogen and oxygen atoms in total. The van der Waals surface area contributed by atoms with Crippen molar-refractivity contribution in [1.29, 1.82) is 0 Å². The molecule has 1 unspecified atom stereocenters. The zero-order chi connectivity index (χ0) is 26.7. The molecule has 2 aromatic rings. The van der Waals surface area contributed by atoms with Crippen LogP contribution in [0.4, 0.5) is 5.69 Å². The van der Waals surface area contributed by atoms with Gasteiger partial charge in [-0.3, -0.25) is 0 Å². The SMILES string of the molecule is COCCCN1CCOc2ccc(CO[C@H]3CNCC([OH+]C[C@H](O)COC)[C@@H]3c3ccc(OC)cc3)cc21. The van der Waals surface area contributed by atoms with E-state index < -0.39 is 6.10 Å². The molecule has 1 fully saturated rings. The topological polar surface area (TPSA) is 94.5 Å². The van der Waals surface area contributed by atoms with Gasteiger partial charge in [0.1, 0.15) is 24.2 Å². The van der Waals surface area contributed by atoms with Crippen LogP contribution in [0.1, 0.15) is 23.5 Å². The average Bonchev–Trinajstić information content (AvgIpc) is 2.95. The van der Waals surface area contributed by atoms with E-state index in [1.165, 1.54) is 0 Å². The highest BCUT2D eigenvalue weighted by Gasteiger charge is 2.39. The fourth-order valence-electron chi connectivity index (χ4n) is 5.22. The molecular formula is C29H43N2O7+. The molecule has 4 atom stereocenters. The Morgan fingerprint density at radius 3 is 2.71 bits per heavy atom. The molecule has 9 heteroatoms. The molecule has 0 radical (unpaired) electrons. The van der Waals surface area contributed by atoms with Crippen molar-refractivity contribution in [3.8, 4) is 11.5 Å². The summed E-state index contributed by atoms with van der Waals surface area (Å²) in [7, 11) is 4.99. The molecule has 2 aliphatic heterocycles. The van der Waals surface area contributed by atoms with Gasteiger partial charge >= 0.3 is 0 Å². The van der Waals surface area contributed by atoms with Crippen molar-refractivity contribution in [3.63, 3.8) is 0 Å². The van der Waals surface area contributed by atoms with Crippen LogP contribution in [0.15, 0.2) is 42.5 Å². The molecule has 2 aliphatic rings. The van der Waals surface area contributed by atoms with Crippen molar-refractivity contribution < 1.29 is 33.5 Å². The lowest BCUT2D eigenvalue weighted by Crippen LogP contribution is -2.52. The van der Waals surface area contributed by atoms with E-state index in [1.807, 2.05) is 18.2 Å². The second kappa shape index (κ2) is 14.7. The van der Waals surface area contributed by atoms with Crippen LogP contribution in [0, 0.1) is 0 Å². The van der Waals surface area contributed by atoms with E-state index in [0.717, 1.165) is 67.5 Å². The molecule has 210 valence electrons. The monoisotopic (exact) mass is 531 g/mol. The molecule has 2 heterocycles. The molecule has 1 saturated heterocycles. The molecule has 0 aromatic heterocycles. The molecular weight excluding hydrogens is 488 g/mol. The van der Waals surface area contributed by atoms with Gasteiger partial charge in [-0.25, -0.2) is 0 Å². The maximum atomic E-state index is 10.2. The number of methoxy groups -OCH3 is 3. The summed E-state index contributed by atoms with van der Waals surface area (Å²) in [5, 5.41) is 13.7. The van der Waals surface area contributed by atoms with Gasteiger partial charge in [0.15, 0.2) is 12.7 Å². The minimum absolute atomic E-state index is 0.0399. The van der Waals surface area contributed by atoms with Crippen LogP contribution in [-0.2, 0) is 20.8 Å². The first kappa shape index (κ1) is 28.6. The first-order valence-electron chi connectivity index (χ1n) is 13.4. The number of aliphatic hydroxyl groups excluding tert-OH is 1. The molecule has 0 aliphatic carbocycles. The summed E-state index contributed by atoms with van der Waals surface area (Å²) >= 11 is 0. The Balaban J connectivity index is 1.47. The third kappa shape index (κ3) is 7.59. The normalized spacial score (nSPS) is 22.0. The maximum Gasteiger partial charge on any atom is 0.177 e. The van der Waals surface area contributed by atoms with Crippen LogP contribution >= 0.6 is 0 Å². The van der Waals surface area contributed by atoms with Crippen molar-refractivity contribution >= 4 is 5.69 Å². The number of nitrogens with one attached hydrogen (secondary N) is 1. The summed E-state index contributed by atoms with van der Waals surface area (Å²) in [5.41, 5.74) is 3.37. The number of benzene rings is 2. The minimum Gasteiger partial charge on any atom is -0.497 e. The second-order valence-electron chi connectivity index (χ2n) is 9.83. The van der Waals surface area contributed by atoms with E-state index in [9.17, 15) is 5.11 Å². The second-order valence-corrected chi connectivity index (χ2v) is 9.83. The number of anilines is 1. The molecule has 0 bridgehead atoms. The van der Waals surface area contributed by atoms with Crippen molar-refractivity contribution in [2.75, 3.05) is 78.8 Å². The Labute approximate surface area is 225 Å². The quantitative estimate of drug-likeness (QED) is 0.283. The van der Waals surface area contributed by atoms with Gasteiger partial charge < -0.3 is 43.7 Å². The number of nitrogens with zero attached hydrogens (tertiary/aromatic N) is 1. The van der Waals surface area contributed by atoms with Gasteiger partial charge in [-0.15, -0.1) is 0 Å². The zero-order valence-electron chi connectivity index (χ0n) is 22.8. The van der Waals surface area contributed by atoms with E-state index in [0.29, 0.717) is 19.8 Å². The number of fused-ring (bicyclic) bond motifs is 1. The van der Waals surface area contributed by atoms with Crippen LogP contribution < -0.4 is 19.7 Å². The fraction of sp³-hybridized carbons (Fsp3) is 0.586. The van der Waals surface area contributed by atoms with Crippen molar-refractivity contribution in [2.45, 2.75) is 37.3 Å². The summed E-state index contributed by atoms with van der Waals surface area (Å²) in [4.78, 5) is 2.36. The summed E-state index contributed by atoms with van der Waals surface area (Å²) in [6.45, 7) is 5.75. The minimum atomic E-state index is -0.623. The highest BCUT2D eigenvalue weighted by molar-refractivity contribution is 5.61. The van der Waals surface area contributed by atoms with E-state index in [-0.39, 0.29) is 24.7 Å². The Bertz CT molecular complexity index is 974. The van der Waals surface area contributed by atoms with Gasteiger partial charge in [0.05, 0.1) is 51.1 Å². The predicted octanol–water partition coefficient (Wildman–Crippen LogP) is 2.11. The Kier molecular flexibility index (Phi) is 11.0. The molecule has 0 saturated carbocycles. The van der Waals surface area contributed by atoms with Crippen LogP contribution in [0.5, 0.6) is 11.5 Å². The van der Waals surface area contributed by atoms with Crippen LogP contribution in [-0.4, -0.2) is 102 Å².